The van der Waals surface area contributed by atoms with Crippen LogP contribution in [-0.4, -0.2) is 17.8 Å². The minimum absolute atomic E-state index is 0.325. The second-order valence-electron chi connectivity index (χ2n) is 4.43. The third kappa shape index (κ3) is 3.60. The van der Waals surface area contributed by atoms with E-state index in [1.54, 1.807) is 6.92 Å². The van der Waals surface area contributed by atoms with Crippen LogP contribution in [0.15, 0.2) is 54.6 Å². The summed E-state index contributed by atoms with van der Waals surface area (Å²) in [6, 6.07) is 18.3. The Bertz CT molecular complexity index is 477. The summed E-state index contributed by atoms with van der Waals surface area (Å²) in [5, 5.41) is 9.27. The first-order valence-electron chi connectivity index (χ1n) is 6.18. The van der Waals surface area contributed by atoms with Crippen molar-refractivity contribution < 1.29 is 9.84 Å². The molecule has 2 aromatic rings. The van der Waals surface area contributed by atoms with Gasteiger partial charge in [0, 0.05) is 6.42 Å². The molecule has 0 spiro atoms. The van der Waals surface area contributed by atoms with Crippen molar-refractivity contribution in [3.05, 3.63) is 65.7 Å². The molecule has 0 heterocycles. The molecule has 2 nitrogen and oxygen atoms in total. The molecule has 0 unspecified atom stereocenters. The largest absolute Gasteiger partial charge is 0.491 e. The highest BCUT2D eigenvalue weighted by Gasteiger charge is 2.05. The lowest BCUT2D eigenvalue weighted by molar-refractivity contribution is 0.122. The van der Waals surface area contributed by atoms with E-state index in [2.05, 4.69) is 18.2 Å². The molecular weight excluding hydrogens is 224 g/mol. The van der Waals surface area contributed by atoms with Crippen molar-refractivity contribution in [2.45, 2.75) is 19.4 Å². The Kier molecular flexibility index (Phi) is 4.37. The Labute approximate surface area is 108 Å². The van der Waals surface area contributed by atoms with Crippen molar-refractivity contribution in [2.75, 3.05) is 6.61 Å². The first kappa shape index (κ1) is 12.7. The van der Waals surface area contributed by atoms with Gasteiger partial charge in [-0.05, 0) is 24.1 Å². The predicted octanol–water partition coefficient (Wildman–Crippen LogP) is 3.04. The lowest BCUT2D eigenvalue weighted by atomic mass is 10.0. The van der Waals surface area contributed by atoms with Crippen LogP contribution < -0.4 is 4.74 Å². The Morgan fingerprint density at radius 3 is 2.39 bits per heavy atom. The van der Waals surface area contributed by atoms with Gasteiger partial charge in [0.15, 0.2) is 0 Å². The summed E-state index contributed by atoms with van der Waals surface area (Å²) < 4.78 is 5.62. The maximum Gasteiger partial charge on any atom is 0.122 e. The predicted molar refractivity (Wildman–Crippen MR) is 72.9 cm³/mol. The molecule has 2 rings (SSSR count). The van der Waals surface area contributed by atoms with Gasteiger partial charge in [0.05, 0.1) is 6.10 Å². The minimum atomic E-state index is -0.449. The zero-order valence-corrected chi connectivity index (χ0v) is 10.5. The fraction of sp³-hybridized carbons (Fsp3) is 0.250. The van der Waals surface area contributed by atoms with Crippen LogP contribution in [0.2, 0.25) is 0 Å². The van der Waals surface area contributed by atoms with Gasteiger partial charge in [0.2, 0.25) is 0 Å². The Hall–Kier alpha value is -1.80. The maximum absolute atomic E-state index is 9.27. The average Bonchev–Trinajstić information content (AvgIpc) is 2.39. The SMILES string of the molecule is C[C@@H](O)COc1ccccc1Cc1ccccc1. The molecule has 1 atom stereocenters. The number of hydrogen-bond donors (Lipinski definition) is 1. The number of rotatable bonds is 5. The van der Waals surface area contributed by atoms with E-state index in [0.717, 1.165) is 17.7 Å². The summed E-state index contributed by atoms with van der Waals surface area (Å²) in [6.07, 6.45) is 0.395. The number of hydrogen-bond acceptors (Lipinski definition) is 2. The van der Waals surface area contributed by atoms with Crippen LogP contribution in [0.25, 0.3) is 0 Å². The average molecular weight is 242 g/mol. The van der Waals surface area contributed by atoms with Gasteiger partial charge in [0.25, 0.3) is 0 Å². The second kappa shape index (κ2) is 6.22. The van der Waals surface area contributed by atoms with E-state index < -0.39 is 6.10 Å². The van der Waals surface area contributed by atoms with E-state index in [1.807, 2.05) is 36.4 Å². The van der Waals surface area contributed by atoms with Crippen LogP contribution in [0.4, 0.5) is 0 Å². The number of benzene rings is 2. The van der Waals surface area contributed by atoms with Crippen molar-refractivity contribution in [2.24, 2.45) is 0 Å². The van der Waals surface area contributed by atoms with Gasteiger partial charge in [-0.3, -0.25) is 0 Å². The van der Waals surface area contributed by atoms with Gasteiger partial charge < -0.3 is 9.84 Å². The highest BCUT2D eigenvalue weighted by atomic mass is 16.5. The fourth-order valence-corrected chi connectivity index (χ4v) is 1.82. The standard InChI is InChI=1S/C16H18O2/c1-13(17)12-18-16-10-6-5-9-15(16)11-14-7-3-2-4-8-14/h2-10,13,17H,11-12H2,1H3/t13-/m1/s1. The molecular formula is C16H18O2. The van der Waals surface area contributed by atoms with Crippen molar-refractivity contribution in [3.63, 3.8) is 0 Å². The van der Waals surface area contributed by atoms with Crippen LogP contribution in [0.1, 0.15) is 18.1 Å². The summed E-state index contributed by atoms with van der Waals surface area (Å²) in [5.41, 5.74) is 2.40. The smallest absolute Gasteiger partial charge is 0.122 e. The Morgan fingerprint density at radius 2 is 1.67 bits per heavy atom. The van der Waals surface area contributed by atoms with Crippen LogP contribution in [0.3, 0.4) is 0 Å². The fourth-order valence-electron chi connectivity index (χ4n) is 1.82. The minimum Gasteiger partial charge on any atom is -0.491 e. The van der Waals surface area contributed by atoms with Crippen molar-refractivity contribution >= 4 is 0 Å². The molecule has 94 valence electrons. The van der Waals surface area contributed by atoms with Crippen LogP contribution in [-0.2, 0) is 6.42 Å². The lowest BCUT2D eigenvalue weighted by Crippen LogP contribution is -2.13. The normalized spacial score (nSPS) is 12.1. The highest BCUT2D eigenvalue weighted by molar-refractivity contribution is 5.37. The van der Waals surface area contributed by atoms with E-state index in [4.69, 9.17) is 4.74 Å². The van der Waals surface area contributed by atoms with Crippen LogP contribution in [0.5, 0.6) is 5.75 Å². The highest BCUT2D eigenvalue weighted by Crippen LogP contribution is 2.21. The molecule has 0 amide bonds. The van der Waals surface area contributed by atoms with Crippen molar-refractivity contribution in [3.8, 4) is 5.75 Å². The third-order valence-corrected chi connectivity index (χ3v) is 2.69. The molecule has 0 aliphatic heterocycles. The molecule has 2 heteroatoms. The number of para-hydroxylation sites is 1. The molecule has 2 aromatic carbocycles. The van der Waals surface area contributed by atoms with Crippen molar-refractivity contribution in [1.29, 1.82) is 0 Å². The van der Waals surface area contributed by atoms with Gasteiger partial charge in [-0.25, -0.2) is 0 Å². The third-order valence-electron chi connectivity index (χ3n) is 2.69. The number of ether oxygens (including phenoxy) is 1. The first-order valence-corrected chi connectivity index (χ1v) is 6.18. The number of aliphatic hydroxyl groups is 1. The molecule has 0 fully saturated rings. The molecule has 18 heavy (non-hydrogen) atoms. The summed E-state index contributed by atoms with van der Waals surface area (Å²) in [7, 11) is 0. The Balaban J connectivity index is 2.12. The van der Waals surface area contributed by atoms with Gasteiger partial charge in [0.1, 0.15) is 12.4 Å². The van der Waals surface area contributed by atoms with Crippen molar-refractivity contribution in [1.82, 2.24) is 0 Å². The summed E-state index contributed by atoms with van der Waals surface area (Å²) in [4.78, 5) is 0. The zero-order valence-electron chi connectivity index (χ0n) is 10.5. The molecule has 0 aromatic heterocycles. The quantitative estimate of drug-likeness (QED) is 0.873. The molecule has 0 aliphatic rings. The van der Waals surface area contributed by atoms with Crippen LogP contribution in [0, 0.1) is 0 Å². The van der Waals surface area contributed by atoms with E-state index in [1.165, 1.54) is 5.56 Å². The molecule has 0 saturated carbocycles. The summed E-state index contributed by atoms with van der Waals surface area (Å²) in [5.74, 6) is 0.849. The van der Waals surface area contributed by atoms with E-state index in [9.17, 15) is 5.11 Å². The van der Waals surface area contributed by atoms with E-state index in [0.29, 0.717) is 6.61 Å². The van der Waals surface area contributed by atoms with E-state index in [-0.39, 0.29) is 0 Å². The molecule has 1 N–H and O–H groups in total. The van der Waals surface area contributed by atoms with Crippen LogP contribution >= 0.6 is 0 Å². The van der Waals surface area contributed by atoms with Gasteiger partial charge in [-0.1, -0.05) is 48.5 Å². The molecule has 0 bridgehead atoms. The lowest BCUT2D eigenvalue weighted by Gasteiger charge is -2.12. The van der Waals surface area contributed by atoms with Gasteiger partial charge in [-0.15, -0.1) is 0 Å². The Morgan fingerprint density at radius 1 is 1.00 bits per heavy atom. The molecule has 0 saturated heterocycles. The van der Waals surface area contributed by atoms with Gasteiger partial charge >= 0.3 is 0 Å². The summed E-state index contributed by atoms with van der Waals surface area (Å²) >= 11 is 0. The zero-order chi connectivity index (χ0) is 12.8. The number of aliphatic hydroxyl groups excluding tert-OH is 1. The topological polar surface area (TPSA) is 29.5 Å². The summed E-state index contributed by atoms with van der Waals surface area (Å²) in [6.45, 7) is 2.05. The molecule has 0 aliphatic carbocycles. The monoisotopic (exact) mass is 242 g/mol. The van der Waals surface area contributed by atoms with E-state index >= 15 is 0 Å². The maximum atomic E-state index is 9.27. The second-order valence-corrected chi connectivity index (χ2v) is 4.43. The molecule has 0 radical (unpaired) electrons. The van der Waals surface area contributed by atoms with Gasteiger partial charge in [-0.2, -0.15) is 0 Å². The first-order chi connectivity index (χ1) is 8.75.